The first kappa shape index (κ1) is 42.4. The molecule has 6 nitrogen and oxygen atoms in total. The smallest absolute Gasteiger partial charge is 0.345 e. The number of H-pyrrole nitrogens is 1. The highest BCUT2D eigenvalue weighted by molar-refractivity contribution is 14.0. The number of nitrogens with zero attached hydrogens (tertiary/aromatic N) is 3. The van der Waals surface area contributed by atoms with Crippen LogP contribution in [0, 0.1) is 0 Å². The van der Waals surface area contributed by atoms with E-state index in [1.54, 1.807) is 13.3 Å². The van der Waals surface area contributed by atoms with Crippen molar-refractivity contribution in [1.29, 1.82) is 0 Å². The van der Waals surface area contributed by atoms with Gasteiger partial charge in [0, 0.05) is 28.9 Å². The van der Waals surface area contributed by atoms with Crippen LogP contribution in [0.15, 0.2) is 17.2 Å². The summed E-state index contributed by atoms with van der Waals surface area (Å²) in [4.78, 5) is 27.8. The Bertz CT molecular complexity index is 1090. The van der Waals surface area contributed by atoms with Gasteiger partial charge in [-0.25, -0.2) is 14.8 Å². The minimum atomic E-state index is -0.235. The molecule has 0 amide bonds. The van der Waals surface area contributed by atoms with Gasteiger partial charge in [0.1, 0.15) is 0 Å². The molecule has 0 spiro atoms. The number of ether oxygens (including phenoxy) is 1. The van der Waals surface area contributed by atoms with E-state index in [0.717, 1.165) is 57.1 Å². The lowest BCUT2D eigenvalue weighted by atomic mass is 9.71. The van der Waals surface area contributed by atoms with Crippen LogP contribution in [0.3, 0.4) is 0 Å². The zero-order valence-electron chi connectivity index (χ0n) is 28.3. The summed E-state index contributed by atoms with van der Waals surface area (Å²) in [5, 5.41) is 0. The Morgan fingerprint density at radius 3 is 1.41 bits per heavy atom. The van der Waals surface area contributed by atoms with E-state index in [2.05, 4.69) is 98.0 Å². The van der Waals surface area contributed by atoms with Crippen LogP contribution in [0.1, 0.15) is 157 Å². The summed E-state index contributed by atoms with van der Waals surface area (Å²) in [6.45, 7) is 26.8. The third-order valence-electron chi connectivity index (χ3n) is 10.5. The van der Waals surface area contributed by atoms with Gasteiger partial charge in [0.15, 0.2) is 0 Å². The average molecular weight is 799 g/mol. The van der Waals surface area contributed by atoms with E-state index in [0.29, 0.717) is 6.01 Å². The molecule has 2 aromatic rings. The third-order valence-corrected chi connectivity index (χ3v) is 10.5. The zero-order chi connectivity index (χ0) is 30.1. The number of rotatable bonds is 13. The van der Waals surface area contributed by atoms with E-state index in [9.17, 15) is 4.79 Å². The van der Waals surface area contributed by atoms with Crippen molar-refractivity contribution in [3.8, 4) is 6.01 Å². The molecule has 2 rings (SSSR count). The van der Waals surface area contributed by atoms with Gasteiger partial charge >= 0.3 is 11.7 Å². The Hall–Kier alpha value is -0.780. The molecule has 0 saturated carbocycles. The molecule has 0 radical (unpaired) electrons. The Kier molecular flexibility index (Phi) is 18.7. The number of halogens is 2. The third kappa shape index (κ3) is 9.60. The molecule has 2 heterocycles. The molecular weight excluding hydrogens is 738 g/mol. The van der Waals surface area contributed by atoms with Gasteiger partial charge in [-0.1, -0.05) is 83.1 Å². The first-order chi connectivity index (χ1) is 18.3. The van der Waals surface area contributed by atoms with Crippen molar-refractivity contribution in [3.63, 3.8) is 0 Å². The molecule has 0 fully saturated rings. The fraction of sp³-hybridized carbons (Fsp3) is 0.758. The Balaban J connectivity index is 0. The van der Waals surface area contributed by atoms with E-state index in [1.165, 1.54) is 16.8 Å². The Morgan fingerprint density at radius 2 is 1.02 bits per heavy atom. The van der Waals surface area contributed by atoms with Crippen LogP contribution >= 0.6 is 48.0 Å². The lowest BCUT2D eigenvalue weighted by Gasteiger charge is -2.35. The number of hydrogen-bond acceptors (Lipinski definition) is 5. The molecule has 0 aliphatic heterocycles. The predicted molar refractivity (Wildman–Crippen MR) is 196 cm³/mol. The maximum atomic E-state index is 11.7. The molecule has 8 heteroatoms. The van der Waals surface area contributed by atoms with Gasteiger partial charge in [-0.2, -0.15) is 4.98 Å². The van der Waals surface area contributed by atoms with Gasteiger partial charge in [-0.3, -0.25) is 0 Å². The highest BCUT2D eigenvalue weighted by atomic mass is 127. The number of methoxy groups -OCH3 is 1. The van der Waals surface area contributed by atoms with Crippen LogP contribution < -0.4 is 10.4 Å². The van der Waals surface area contributed by atoms with Crippen molar-refractivity contribution in [2.75, 3.05) is 7.11 Å². The van der Waals surface area contributed by atoms with E-state index < -0.39 is 0 Å². The Labute approximate surface area is 285 Å². The van der Waals surface area contributed by atoms with Crippen molar-refractivity contribution < 1.29 is 4.74 Å². The molecule has 41 heavy (non-hydrogen) atoms. The van der Waals surface area contributed by atoms with Crippen molar-refractivity contribution >= 4 is 48.0 Å². The maximum Gasteiger partial charge on any atom is 0.345 e. The maximum absolute atomic E-state index is 11.7. The van der Waals surface area contributed by atoms with Crippen LogP contribution in [-0.4, -0.2) is 27.0 Å². The average Bonchev–Trinajstić information content (AvgIpc) is 2.99. The first-order valence-corrected chi connectivity index (χ1v) is 15.3. The van der Waals surface area contributed by atoms with Crippen molar-refractivity contribution in [1.82, 2.24) is 19.9 Å². The molecule has 0 atom stereocenters. The van der Waals surface area contributed by atoms with Crippen LogP contribution in [0.2, 0.25) is 0 Å². The summed E-state index contributed by atoms with van der Waals surface area (Å²) in [5.41, 5.74) is 4.83. The highest BCUT2D eigenvalue weighted by Crippen LogP contribution is 2.41. The minimum Gasteiger partial charge on any atom is -0.467 e. The molecule has 0 aliphatic rings. The number of hydrogen-bond donors (Lipinski definition) is 1. The summed E-state index contributed by atoms with van der Waals surface area (Å²) in [5.74, 6) is 0. The largest absolute Gasteiger partial charge is 0.467 e. The van der Waals surface area contributed by atoms with Crippen LogP contribution in [-0.2, 0) is 21.7 Å². The Morgan fingerprint density at radius 1 is 0.634 bits per heavy atom. The molecule has 238 valence electrons. The lowest BCUT2D eigenvalue weighted by molar-refractivity contribution is 0.347. The van der Waals surface area contributed by atoms with Crippen LogP contribution in [0.5, 0.6) is 6.01 Å². The number of nitrogens with one attached hydrogen (secondary N) is 1. The van der Waals surface area contributed by atoms with Crippen molar-refractivity contribution in [3.05, 3.63) is 45.4 Å². The van der Waals surface area contributed by atoms with E-state index in [-0.39, 0.29) is 75.3 Å². The molecule has 0 unspecified atom stereocenters. The normalized spacial score (nSPS) is 12.0. The van der Waals surface area contributed by atoms with Gasteiger partial charge in [0.25, 0.3) is 0 Å². The van der Waals surface area contributed by atoms with Gasteiger partial charge in [0.05, 0.1) is 12.8 Å². The minimum absolute atomic E-state index is 0. The van der Waals surface area contributed by atoms with Gasteiger partial charge < -0.3 is 9.72 Å². The summed E-state index contributed by atoms with van der Waals surface area (Å²) in [7, 11) is 1.63. The van der Waals surface area contributed by atoms with E-state index >= 15 is 0 Å². The summed E-state index contributed by atoms with van der Waals surface area (Å²) >= 11 is 0. The molecule has 1 N–H and O–H groups in total. The number of aromatic nitrogens is 4. The van der Waals surface area contributed by atoms with Crippen molar-refractivity contribution in [2.24, 2.45) is 0 Å². The highest BCUT2D eigenvalue weighted by Gasteiger charge is 2.35. The predicted octanol–water partition coefficient (Wildman–Crippen LogP) is 9.80. The van der Waals surface area contributed by atoms with E-state index in [1.807, 2.05) is 6.20 Å². The summed E-state index contributed by atoms with van der Waals surface area (Å²) in [6.07, 6.45) is 12.2. The molecule has 2 aromatic heterocycles. The molecule has 0 saturated heterocycles. The zero-order valence-corrected chi connectivity index (χ0v) is 32.9. The monoisotopic (exact) mass is 798 g/mol. The topological polar surface area (TPSA) is 80.8 Å². The fourth-order valence-corrected chi connectivity index (χ4v) is 5.14. The SMILES string of the molecule is CCC(C)(CC)c1cnc(=O)[nH]c1C(C)(CC)CC.CCC(C)(CC)c1cnc(OC)nc1C(C)(CC)CC.I.I. The standard InChI is InChI=1S/C17H30N2O.C16H28N2O.2HI/c1-8-16(5,9-2)13-12-18-15(20-7)19-14(13)17(6,10-3)11-4;1-7-15(5,8-2)12-11-17-14(19)18-13(12)16(6,9-3)10-4;;/h12H,8-11H2,1-7H3;11H,7-10H2,1-6H3,(H,17,18,19);2*1H. The molecule has 0 bridgehead atoms. The second-order valence-electron chi connectivity index (χ2n) is 12.2. The molecule has 0 aliphatic carbocycles. The van der Waals surface area contributed by atoms with Crippen molar-refractivity contribution in [2.45, 2.75) is 156 Å². The second kappa shape index (κ2) is 18.1. The van der Waals surface area contributed by atoms with Gasteiger partial charge in [0.2, 0.25) is 0 Å². The first-order valence-electron chi connectivity index (χ1n) is 15.3. The summed E-state index contributed by atoms with van der Waals surface area (Å²) < 4.78 is 5.25. The molecular formula is C33H60I2N4O2. The number of aromatic amines is 1. The van der Waals surface area contributed by atoms with E-state index in [4.69, 9.17) is 9.72 Å². The summed E-state index contributed by atoms with van der Waals surface area (Å²) in [6, 6.07) is 0.478. The van der Waals surface area contributed by atoms with Gasteiger partial charge in [-0.05, 0) is 73.3 Å². The van der Waals surface area contributed by atoms with Gasteiger partial charge in [-0.15, -0.1) is 48.0 Å². The fourth-order valence-electron chi connectivity index (χ4n) is 5.14. The second-order valence-corrected chi connectivity index (χ2v) is 12.2. The quantitative estimate of drug-likeness (QED) is 0.204. The van der Waals surface area contributed by atoms with Crippen LogP contribution in [0.25, 0.3) is 0 Å². The molecule has 0 aromatic carbocycles. The lowest BCUT2D eigenvalue weighted by Crippen LogP contribution is -2.33. The van der Waals surface area contributed by atoms with Crippen LogP contribution in [0.4, 0.5) is 0 Å².